The number of sulfonamides is 1. The summed E-state index contributed by atoms with van der Waals surface area (Å²) < 4.78 is 28.2. The first-order valence-electron chi connectivity index (χ1n) is 8.65. The summed E-state index contributed by atoms with van der Waals surface area (Å²) in [6.45, 7) is 1.40. The SMILES string of the molecule is CC(=O)Nc1ccc(NC(=O)c2cncc(NS(=O)(=O)c3ccc(Br)cc3)c2)cc1. The van der Waals surface area contributed by atoms with Crippen LogP contribution in [0.15, 0.2) is 76.4 Å². The first-order chi connectivity index (χ1) is 14.2. The molecule has 0 saturated carbocycles. The van der Waals surface area contributed by atoms with Gasteiger partial charge >= 0.3 is 0 Å². The van der Waals surface area contributed by atoms with Gasteiger partial charge in [-0.2, -0.15) is 0 Å². The Labute approximate surface area is 181 Å². The van der Waals surface area contributed by atoms with Crippen molar-refractivity contribution in [2.75, 3.05) is 15.4 Å². The summed E-state index contributed by atoms with van der Waals surface area (Å²) in [4.78, 5) is 27.6. The molecule has 2 aromatic carbocycles. The number of pyridine rings is 1. The fourth-order valence-electron chi connectivity index (χ4n) is 2.49. The Morgan fingerprint density at radius 2 is 1.47 bits per heavy atom. The van der Waals surface area contributed by atoms with E-state index in [9.17, 15) is 18.0 Å². The van der Waals surface area contributed by atoms with E-state index in [2.05, 4.69) is 36.3 Å². The largest absolute Gasteiger partial charge is 0.326 e. The molecule has 30 heavy (non-hydrogen) atoms. The zero-order valence-electron chi connectivity index (χ0n) is 15.7. The molecule has 0 aliphatic heterocycles. The lowest BCUT2D eigenvalue weighted by molar-refractivity contribution is -0.114. The molecule has 1 heterocycles. The van der Waals surface area contributed by atoms with Crippen LogP contribution in [-0.4, -0.2) is 25.2 Å². The number of hydrogen-bond donors (Lipinski definition) is 3. The molecule has 0 bridgehead atoms. The number of nitrogens with one attached hydrogen (secondary N) is 3. The minimum Gasteiger partial charge on any atom is -0.326 e. The number of nitrogens with zero attached hydrogens (tertiary/aromatic N) is 1. The van der Waals surface area contributed by atoms with E-state index in [0.717, 1.165) is 4.47 Å². The predicted molar refractivity (Wildman–Crippen MR) is 118 cm³/mol. The topological polar surface area (TPSA) is 117 Å². The number of amides is 2. The highest BCUT2D eigenvalue weighted by Gasteiger charge is 2.15. The van der Waals surface area contributed by atoms with Gasteiger partial charge in [-0.3, -0.25) is 19.3 Å². The van der Waals surface area contributed by atoms with Crippen molar-refractivity contribution in [2.24, 2.45) is 0 Å². The third kappa shape index (κ3) is 5.65. The summed E-state index contributed by atoms with van der Waals surface area (Å²) in [5.41, 5.74) is 1.45. The summed E-state index contributed by atoms with van der Waals surface area (Å²) in [7, 11) is -3.82. The quantitative estimate of drug-likeness (QED) is 0.486. The van der Waals surface area contributed by atoms with E-state index < -0.39 is 15.9 Å². The number of carbonyl (C=O) groups excluding carboxylic acids is 2. The van der Waals surface area contributed by atoms with Crippen LogP contribution in [0, 0.1) is 0 Å². The Morgan fingerprint density at radius 1 is 0.867 bits per heavy atom. The van der Waals surface area contributed by atoms with E-state index in [4.69, 9.17) is 0 Å². The summed E-state index contributed by atoms with van der Waals surface area (Å²) in [6.07, 6.45) is 2.65. The van der Waals surface area contributed by atoms with E-state index in [1.54, 1.807) is 36.4 Å². The molecule has 0 aliphatic rings. The molecule has 3 N–H and O–H groups in total. The molecule has 8 nitrogen and oxygen atoms in total. The molecule has 0 atom stereocenters. The monoisotopic (exact) mass is 488 g/mol. The second kappa shape index (κ2) is 9.06. The molecule has 0 radical (unpaired) electrons. The van der Waals surface area contributed by atoms with Crippen molar-refractivity contribution in [1.82, 2.24) is 4.98 Å². The Balaban J connectivity index is 1.72. The maximum Gasteiger partial charge on any atom is 0.261 e. The van der Waals surface area contributed by atoms with Gasteiger partial charge < -0.3 is 10.6 Å². The van der Waals surface area contributed by atoms with E-state index in [-0.39, 0.29) is 22.1 Å². The number of halogens is 1. The van der Waals surface area contributed by atoms with Gasteiger partial charge in [-0.15, -0.1) is 0 Å². The highest BCUT2D eigenvalue weighted by Crippen LogP contribution is 2.20. The summed E-state index contributed by atoms with van der Waals surface area (Å²) in [5, 5.41) is 5.33. The van der Waals surface area contributed by atoms with Crippen molar-refractivity contribution in [3.05, 3.63) is 77.0 Å². The molecule has 0 aliphatic carbocycles. The molecule has 2 amide bonds. The highest BCUT2D eigenvalue weighted by atomic mass is 79.9. The maximum atomic E-state index is 12.5. The van der Waals surface area contributed by atoms with Crippen molar-refractivity contribution in [3.8, 4) is 0 Å². The molecule has 0 fully saturated rings. The molecule has 3 rings (SSSR count). The molecule has 154 valence electrons. The number of benzene rings is 2. The van der Waals surface area contributed by atoms with Crippen molar-refractivity contribution in [1.29, 1.82) is 0 Å². The third-order valence-electron chi connectivity index (χ3n) is 3.84. The summed E-state index contributed by atoms with van der Waals surface area (Å²) in [5.74, 6) is -0.653. The summed E-state index contributed by atoms with van der Waals surface area (Å²) >= 11 is 3.26. The van der Waals surface area contributed by atoms with Gasteiger partial charge in [-0.25, -0.2) is 8.42 Å². The van der Waals surface area contributed by atoms with Crippen LogP contribution in [0.3, 0.4) is 0 Å². The van der Waals surface area contributed by atoms with Crippen LogP contribution in [0.1, 0.15) is 17.3 Å². The number of carbonyl (C=O) groups is 2. The zero-order chi connectivity index (χ0) is 21.7. The Kier molecular flexibility index (Phi) is 6.48. The smallest absolute Gasteiger partial charge is 0.261 e. The van der Waals surface area contributed by atoms with Gasteiger partial charge in [0.05, 0.1) is 22.3 Å². The molecule has 0 unspecified atom stereocenters. The van der Waals surface area contributed by atoms with Crippen molar-refractivity contribution >= 4 is 54.8 Å². The van der Waals surface area contributed by atoms with Crippen LogP contribution in [0.2, 0.25) is 0 Å². The number of aromatic nitrogens is 1. The fourth-order valence-corrected chi connectivity index (χ4v) is 3.79. The van der Waals surface area contributed by atoms with Crippen molar-refractivity contribution in [3.63, 3.8) is 0 Å². The van der Waals surface area contributed by atoms with Gasteiger partial charge in [-0.1, -0.05) is 15.9 Å². The Hall–Kier alpha value is -3.24. The molecule has 3 aromatic rings. The predicted octanol–water partition coefficient (Wildman–Crippen LogP) is 3.86. The molecule has 1 aromatic heterocycles. The number of anilines is 3. The van der Waals surface area contributed by atoms with Crippen LogP contribution >= 0.6 is 15.9 Å². The van der Waals surface area contributed by atoms with Gasteiger partial charge in [0.15, 0.2) is 0 Å². The van der Waals surface area contributed by atoms with Gasteiger partial charge in [0.2, 0.25) is 5.91 Å². The average molecular weight is 489 g/mol. The van der Waals surface area contributed by atoms with Crippen LogP contribution in [0.5, 0.6) is 0 Å². The zero-order valence-corrected chi connectivity index (χ0v) is 18.1. The van der Waals surface area contributed by atoms with Gasteiger partial charge in [-0.05, 0) is 54.6 Å². The van der Waals surface area contributed by atoms with E-state index in [1.165, 1.54) is 37.5 Å². The maximum absolute atomic E-state index is 12.5. The normalized spacial score (nSPS) is 10.9. The number of hydrogen-bond acceptors (Lipinski definition) is 5. The lowest BCUT2D eigenvalue weighted by atomic mass is 10.2. The second-order valence-electron chi connectivity index (χ2n) is 6.23. The van der Waals surface area contributed by atoms with Gasteiger partial charge in [0.25, 0.3) is 15.9 Å². The van der Waals surface area contributed by atoms with Gasteiger partial charge in [0, 0.05) is 29.0 Å². The minimum atomic E-state index is -3.82. The lowest BCUT2D eigenvalue weighted by Gasteiger charge is -2.10. The minimum absolute atomic E-state index is 0.0832. The van der Waals surface area contributed by atoms with E-state index in [1.807, 2.05) is 0 Å². The van der Waals surface area contributed by atoms with Crippen molar-refractivity contribution < 1.29 is 18.0 Å². The van der Waals surface area contributed by atoms with Crippen molar-refractivity contribution in [2.45, 2.75) is 11.8 Å². The second-order valence-corrected chi connectivity index (χ2v) is 8.83. The van der Waals surface area contributed by atoms with Crippen LogP contribution in [-0.2, 0) is 14.8 Å². The van der Waals surface area contributed by atoms with E-state index >= 15 is 0 Å². The Morgan fingerprint density at radius 3 is 2.07 bits per heavy atom. The van der Waals surface area contributed by atoms with Crippen LogP contribution < -0.4 is 15.4 Å². The standard InChI is InChI=1S/C20H17BrN4O4S/c1-13(26)23-16-4-6-17(7-5-16)24-20(27)14-10-18(12-22-11-14)25-30(28,29)19-8-2-15(21)3-9-19/h2-12,25H,1H3,(H,23,26)(H,24,27). The van der Waals surface area contributed by atoms with Gasteiger partial charge in [0.1, 0.15) is 0 Å². The third-order valence-corrected chi connectivity index (χ3v) is 5.77. The van der Waals surface area contributed by atoms with E-state index in [0.29, 0.717) is 11.4 Å². The first-order valence-corrected chi connectivity index (χ1v) is 10.9. The lowest BCUT2D eigenvalue weighted by Crippen LogP contribution is -2.15. The van der Waals surface area contributed by atoms with Crippen LogP contribution in [0.4, 0.5) is 17.1 Å². The average Bonchev–Trinajstić information content (AvgIpc) is 2.69. The summed E-state index contributed by atoms with van der Waals surface area (Å²) in [6, 6.07) is 14.1. The molecular formula is C20H17BrN4O4S. The number of rotatable bonds is 6. The first kappa shape index (κ1) is 21.5. The molecule has 0 spiro atoms. The van der Waals surface area contributed by atoms with Crippen LogP contribution in [0.25, 0.3) is 0 Å². The molecule has 0 saturated heterocycles. The Bertz CT molecular complexity index is 1180. The molecular weight excluding hydrogens is 472 g/mol. The molecule has 10 heteroatoms. The fraction of sp³-hybridized carbons (Fsp3) is 0.0500. The highest BCUT2D eigenvalue weighted by molar-refractivity contribution is 9.10.